The zero-order valence-corrected chi connectivity index (χ0v) is 7.97. The van der Waals surface area contributed by atoms with Crippen LogP contribution in [0.25, 0.3) is 0 Å². The lowest BCUT2D eigenvalue weighted by Crippen LogP contribution is -2.05. The number of nitrogens with two attached hydrogens (primary N) is 1. The van der Waals surface area contributed by atoms with E-state index in [9.17, 15) is 0 Å². The van der Waals surface area contributed by atoms with Gasteiger partial charge in [-0.1, -0.05) is 6.07 Å². The van der Waals surface area contributed by atoms with E-state index in [-0.39, 0.29) is 18.4 Å². The summed E-state index contributed by atoms with van der Waals surface area (Å²) in [5.74, 6) is 0.620. The first-order chi connectivity index (χ1) is 5.24. The molecular formula is C8H13ClN2O. The standard InChI is InChI=1S/C8H12N2O.ClH/c1-6(9)7-3-4-8(11-2)10-5-7;/h3-6H,9H2,1-2H3;1H/t6-;/m1./s1. The van der Waals surface area contributed by atoms with Gasteiger partial charge in [-0.05, 0) is 12.5 Å². The lowest BCUT2D eigenvalue weighted by atomic mass is 10.2. The first-order valence-corrected chi connectivity index (χ1v) is 3.49. The lowest BCUT2D eigenvalue weighted by molar-refractivity contribution is 0.397. The summed E-state index contributed by atoms with van der Waals surface area (Å²) < 4.78 is 4.90. The summed E-state index contributed by atoms with van der Waals surface area (Å²) in [7, 11) is 1.59. The summed E-state index contributed by atoms with van der Waals surface area (Å²) in [5.41, 5.74) is 6.64. The van der Waals surface area contributed by atoms with Crippen LogP contribution in [0.2, 0.25) is 0 Å². The Kier molecular flexibility index (Phi) is 4.62. The molecule has 0 radical (unpaired) electrons. The van der Waals surface area contributed by atoms with E-state index in [1.165, 1.54) is 0 Å². The average Bonchev–Trinajstić information content (AvgIpc) is 2.05. The first kappa shape index (κ1) is 11.2. The first-order valence-electron chi connectivity index (χ1n) is 3.49. The van der Waals surface area contributed by atoms with Crippen LogP contribution in [0.4, 0.5) is 0 Å². The van der Waals surface area contributed by atoms with Crippen LogP contribution >= 0.6 is 12.4 Å². The number of hydrogen-bond donors (Lipinski definition) is 1. The zero-order valence-electron chi connectivity index (χ0n) is 7.15. The van der Waals surface area contributed by atoms with Gasteiger partial charge in [-0.15, -0.1) is 12.4 Å². The van der Waals surface area contributed by atoms with Crippen molar-refractivity contribution >= 4 is 12.4 Å². The van der Waals surface area contributed by atoms with Crippen molar-refractivity contribution in [2.45, 2.75) is 13.0 Å². The van der Waals surface area contributed by atoms with Crippen molar-refractivity contribution in [3.63, 3.8) is 0 Å². The number of pyridine rings is 1. The minimum absolute atomic E-state index is 0. The topological polar surface area (TPSA) is 48.1 Å². The third-order valence-electron chi connectivity index (χ3n) is 1.49. The van der Waals surface area contributed by atoms with Crippen molar-refractivity contribution < 1.29 is 4.74 Å². The van der Waals surface area contributed by atoms with Gasteiger partial charge in [0, 0.05) is 18.3 Å². The van der Waals surface area contributed by atoms with E-state index in [1.54, 1.807) is 19.4 Å². The SMILES string of the molecule is COc1ccc([C@@H](C)N)cn1.Cl. The number of hydrogen-bond acceptors (Lipinski definition) is 3. The summed E-state index contributed by atoms with van der Waals surface area (Å²) in [4.78, 5) is 4.02. The Hall–Kier alpha value is -0.800. The van der Waals surface area contributed by atoms with Gasteiger partial charge in [0.2, 0.25) is 5.88 Å². The highest BCUT2D eigenvalue weighted by Gasteiger charge is 1.98. The van der Waals surface area contributed by atoms with E-state index >= 15 is 0 Å². The second-order valence-electron chi connectivity index (χ2n) is 2.42. The molecule has 0 amide bonds. The van der Waals surface area contributed by atoms with Gasteiger partial charge in [-0.25, -0.2) is 4.98 Å². The van der Waals surface area contributed by atoms with Crippen LogP contribution in [0, 0.1) is 0 Å². The zero-order chi connectivity index (χ0) is 8.27. The summed E-state index contributed by atoms with van der Waals surface area (Å²) in [6, 6.07) is 3.75. The fourth-order valence-electron chi connectivity index (χ4n) is 0.782. The largest absolute Gasteiger partial charge is 0.481 e. The summed E-state index contributed by atoms with van der Waals surface area (Å²) in [6.07, 6.45) is 1.73. The molecular weight excluding hydrogens is 176 g/mol. The van der Waals surface area contributed by atoms with Crippen molar-refractivity contribution in [2.24, 2.45) is 5.73 Å². The van der Waals surface area contributed by atoms with Gasteiger partial charge in [0.05, 0.1) is 7.11 Å². The fraction of sp³-hybridized carbons (Fsp3) is 0.375. The predicted molar refractivity (Wildman–Crippen MR) is 50.6 cm³/mol. The Bertz CT molecular complexity index is 223. The normalized spacial score (nSPS) is 11.6. The molecule has 3 nitrogen and oxygen atoms in total. The summed E-state index contributed by atoms with van der Waals surface area (Å²) in [5, 5.41) is 0. The van der Waals surface area contributed by atoms with Crippen molar-refractivity contribution in [1.82, 2.24) is 4.98 Å². The number of aromatic nitrogens is 1. The molecule has 0 fully saturated rings. The van der Waals surface area contributed by atoms with Crippen molar-refractivity contribution in [2.75, 3.05) is 7.11 Å². The maximum atomic E-state index is 5.62. The minimum atomic E-state index is 0. The highest BCUT2D eigenvalue weighted by molar-refractivity contribution is 5.85. The molecule has 1 aromatic heterocycles. The van der Waals surface area contributed by atoms with Gasteiger partial charge in [0.15, 0.2) is 0 Å². The molecule has 1 aromatic rings. The van der Waals surface area contributed by atoms with Gasteiger partial charge in [0.1, 0.15) is 0 Å². The number of ether oxygens (including phenoxy) is 1. The number of methoxy groups -OCH3 is 1. The molecule has 0 aliphatic heterocycles. The Morgan fingerprint density at radius 3 is 2.50 bits per heavy atom. The number of nitrogens with zero attached hydrogens (tertiary/aromatic N) is 1. The molecule has 0 spiro atoms. The molecule has 0 aromatic carbocycles. The molecule has 12 heavy (non-hydrogen) atoms. The maximum absolute atomic E-state index is 5.62. The van der Waals surface area contributed by atoms with E-state index in [0.29, 0.717) is 5.88 Å². The van der Waals surface area contributed by atoms with E-state index in [0.717, 1.165) is 5.56 Å². The molecule has 1 heterocycles. The van der Waals surface area contributed by atoms with E-state index in [1.807, 2.05) is 13.0 Å². The third kappa shape index (κ3) is 2.68. The lowest BCUT2D eigenvalue weighted by Gasteiger charge is -2.04. The highest BCUT2D eigenvalue weighted by Crippen LogP contribution is 2.11. The predicted octanol–water partition coefficient (Wildman–Crippen LogP) is 1.53. The average molecular weight is 189 g/mol. The maximum Gasteiger partial charge on any atom is 0.212 e. The second kappa shape index (κ2) is 4.95. The Morgan fingerprint density at radius 2 is 2.17 bits per heavy atom. The van der Waals surface area contributed by atoms with Gasteiger partial charge >= 0.3 is 0 Å². The Labute approximate surface area is 78.4 Å². The molecule has 0 aliphatic carbocycles. The van der Waals surface area contributed by atoms with Gasteiger partial charge in [0.25, 0.3) is 0 Å². The smallest absolute Gasteiger partial charge is 0.212 e. The van der Waals surface area contributed by atoms with Crippen LogP contribution in [0.1, 0.15) is 18.5 Å². The van der Waals surface area contributed by atoms with Gasteiger partial charge in [-0.2, -0.15) is 0 Å². The van der Waals surface area contributed by atoms with Crippen molar-refractivity contribution in [3.05, 3.63) is 23.9 Å². The molecule has 1 rings (SSSR count). The second-order valence-corrected chi connectivity index (χ2v) is 2.42. The van der Waals surface area contributed by atoms with Gasteiger partial charge < -0.3 is 10.5 Å². The molecule has 4 heteroatoms. The van der Waals surface area contributed by atoms with Crippen molar-refractivity contribution in [3.8, 4) is 5.88 Å². The van der Waals surface area contributed by atoms with Crippen LogP contribution in [-0.2, 0) is 0 Å². The number of halogens is 1. The van der Waals surface area contributed by atoms with E-state index in [2.05, 4.69) is 4.98 Å². The molecule has 0 aliphatic rings. The molecule has 0 unspecified atom stereocenters. The molecule has 0 saturated heterocycles. The molecule has 68 valence electrons. The van der Waals surface area contributed by atoms with E-state index < -0.39 is 0 Å². The van der Waals surface area contributed by atoms with Crippen LogP contribution in [0.15, 0.2) is 18.3 Å². The van der Waals surface area contributed by atoms with Crippen LogP contribution in [-0.4, -0.2) is 12.1 Å². The monoisotopic (exact) mass is 188 g/mol. The quantitative estimate of drug-likeness (QED) is 0.766. The number of rotatable bonds is 2. The summed E-state index contributed by atoms with van der Waals surface area (Å²) >= 11 is 0. The van der Waals surface area contributed by atoms with E-state index in [4.69, 9.17) is 10.5 Å². The molecule has 0 bridgehead atoms. The molecule has 0 saturated carbocycles. The molecule has 2 N–H and O–H groups in total. The van der Waals surface area contributed by atoms with Crippen molar-refractivity contribution in [1.29, 1.82) is 0 Å². The van der Waals surface area contributed by atoms with Crippen LogP contribution < -0.4 is 10.5 Å². The Balaban J connectivity index is 0.00000121. The van der Waals surface area contributed by atoms with Crippen LogP contribution in [0.3, 0.4) is 0 Å². The minimum Gasteiger partial charge on any atom is -0.481 e. The molecule has 1 atom stereocenters. The highest BCUT2D eigenvalue weighted by atomic mass is 35.5. The fourth-order valence-corrected chi connectivity index (χ4v) is 0.782. The van der Waals surface area contributed by atoms with Crippen LogP contribution in [0.5, 0.6) is 5.88 Å². The Morgan fingerprint density at radius 1 is 1.50 bits per heavy atom. The summed E-state index contributed by atoms with van der Waals surface area (Å²) in [6.45, 7) is 1.92. The van der Waals surface area contributed by atoms with Gasteiger partial charge in [-0.3, -0.25) is 0 Å². The third-order valence-corrected chi connectivity index (χ3v) is 1.49.